The number of halogens is 4. The Morgan fingerprint density at radius 3 is 2.64 bits per heavy atom. The lowest BCUT2D eigenvalue weighted by molar-refractivity contribution is -0.209. The lowest BCUT2D eigenvalue weighted by Crippen LogP contribution is -2.17. The van der Waals surface area contributed by atoms with Crippen molar-refractivity contribution < 1.29 is 13.2 Å². The minimum Gasteiger partial charge on any atom is -0.173 e. The molecule has 0 N–H and O–H groups in total. The molecule has 2 rings (SSSR count). The molecule has 74 valence electrons. The Morgan fingerprint density at radius 1 is 1.29 bits per heavy atom. The van der Waals surface area contributed by atoms with Gasteiger partial charge in [-0.1, -0.05) is 11.6 Å². The van der Waals surface area contributed by atoms with Gasteiger partial charge < -0.3 is 0 Å². The summed E-state index contributed by atoms with van der Waals surface area (Å²) >= 11 is 5.62. The summed E-state index contributed by atoms with van der Waals surface area (Å²) in [5, 5.41) is 4.00. The number of alkyl halides is 3. The van der Waals surface area contributed by atoms with Gasteiger partial charge in [0.05, 0.1) is 11.7 Å². The second-order valence-electron chi connectivity index (χ2n) is 2.73. The molecule has 0 bridgehead atoms. The Balaban J connectivity index is 2.70. The molecule has 0 unspecified atom stereocenters. The van der Waals surface area contributed by atoms with Crippen LogP contribution in [0, 0.1) is 0 Å². The summed E-state index contributed by atoms with van der Waals surface area (Å²) in [5.74, 6) is 0. The first kappa shape index (κ1) is 9.33. The van der Waals surface area contributed by atoms with E-state index in [9.17, 15) is 13.2 Å². The highest BCUT2D eigenvalue weighted by Crippen LogP contribution is 2.27. The normalized spacial score (nSPS) is 12.3. The molecule has 0 saturated carbocycles. The first-order chi connectivity index (χ1) is 6.48. The van der Waals surface area contributed by atoms with Crippen molar-refractivity contribution >= 4 is 22.5 Å². The third-order valence-electron chi connectivity index (χ3n) is 1.77. The SMILES string of the molecule is FC(F)(F)n1ncc2cc(Cl)ccc21. The maximum absolute atomic E-state index is 12.3. The summed E-state index contributed by atoms with van der Waals surface area (Å²) in [6.07, 6.45) is -3.36. The van der Waals surface area contributed by atoms with Crippen molar-refractivity contribution in [1.29, 1.82) is 0 Å². The van der Waals surface area contributed by atoms with E-state index < -0.39 is 6.30 Å². The number of benzene rings is 1. The molecule has 0 fully saturated rings. The number of hydrogen-bond donors (Lipinski definition) is 0. The quantitative estimate of drug-likeness (QED) is 0.667. The van der Waals surface area contributed by atoms with Crippen molar-refractivity contribution in [3.05, 3.63) is 29.4 Å². The van der Waals surface area contributed by atoms with E-state index in [2.05, 4.69) is 5.10 Å². The van der Waals surface area contributed by atoms with Gasteiger partial charge >= 0.3 is 6.30 Å². The lowest BCUT2D eigenvalue weighted by Gasteiger charge is -2.06. The molecular weight excluding hydrogens is 217 g/mol. The van der Waals surface area contributed by atoms with Crippen LogP contribution in [-0.2, 0) is 6.30 Å². The maximum Gasteiger partial charge on any atom is 0.505 e. The number of hydrogen-bond acceptors (Lipinski definition) is 1. The van der Waals surface area contributed by atoms with Crippen LogP contribution in [0.3, 0.4) is 0 Å². The molecule has 0 aliphatic rings. The zero-order valence-electron chi connectivity index (χ0n) is 6.72. The maximum atomic E-state index is 12.3. The summed E-state index contributed by atoms with van der Waals surface area (Å²) < 4.78 is 37.0. The third kappa shape index (κ3) is 1.43. The molecule has 0 spiro atoms. The highest BCUT2D eigenvalue weighted by molar-refractivity contribution is 6.31. The number of fused-ring (bicyclic) bond motifs is 1. The molecule has 1 aromatic carbocycles. The summed E-state index contributed by atoms with van der Waals surface area (Å²) in [6, 6.07) is 4.12. The molecule has 0 atom stereocenters. The van der Waals surface area contributed by atoms with E-state index in [0.717, 1.165) is 6.20 Å². The highest BCUT2D eigenvalue weighted by Gasteiger charge is 2.33. The Hall–Kier alpha value is -1.23. The first-order valence-corrected chi connectivity index (χ1v) is 4.07. The van der Waals surface area contributed by atoms with Crippen molar-refractivity contribution in [2.24, 2.45) is 0 Å². The Morgan fingerprint density at radius 2 is 2.00 bits per heavy atom. The van der Waals surface area contributed by atoms with Crippen molar-refractivity contribution in [3.8, 4) is 0 Å². The van der Waals surface area contributed by atoms with Crippen molar-refractivity contribution in [3.63, 3.8) is 0 Å². The minimum absolute atomic E-state index is 0.00176. The summed E-state index contributed by atoms with van der Waals surface area (Å²) in [7, 11) is 0. The van der Waals surface area contributed by atoms with Gasteiger partial charge in [-0.3, -0.25) is 0 Å². The minimum atomic E-state index is -4.49. The van der Waals surface area contributed by atoms with E-state index in [1.165, 1.54) is 18.2 Å². The van der Waals surface area contributed by atoms with E-state index in [1.54, 1.807) is 0 Å². The lowest BCUT2D eigenvalue weighted by atomic mass is 10.2. The molecule has 0 aliphatic heterocycles. The zero-order valence-corrected chi connectivity index (χ0v) is 7.47. The van der Waals surface area contributed by atoms with Gasteiger partial charge in [0.25, 0.3) is 0 Å². The van der Waals surface area contributed by atoms with Gasteiger partial charge in [0.1, 0.15) is 0 Å². The fourth-order valence-electron chi connectivity index (χ4n) is 1.21. The largest absolute Gasteiger partial charge is 0.505 e. The van der Waals surface area contributed by atoms with Crippen LogP contribution >= 0.6 is 11.6 Å². The number of rotatable bonds is 0. The molecule has 1 aromatic heterocycles. The highest BCUT2D eigenvalue weighted by atomic mass is 35.5. The fourth-order valence-corrected chi connectivity index (χ4v) is 1.39. The molecule has 1 heterocycles. The van der Waals surface area contributed by atoms with Gasteiger partial charge in [-0.2, -0.15) is 9.78 Å². The summed E-state index contributed by atoms with van der Waals surface area (Å²) in [6.45, 7) is 0. The predicted octanol–water partition coefficient (Wildman–Crippen LogP) is 3.17. The van der Waals surface area contributed by atoms with Crippen LogP contribution in [0.1, 0.15) is 0 Å². The monoisotopic (exact) mass is 220 g/mol. The Bertz CT molecular complexity index is 475. The van der Waals surface area contributed by atoms with Gasteiger partial charge in [0.15, 0.2) is 0 Å². The topological polar surface area (TPSA) is 17.8 Å². The van der Waals surface area contributed by atoms with E-state index in [-0.39, 0.29) is 10.2 Å². The molecule has 2 nitrogen and oxygen atoms in total. The van der Waals surface area contributed by atoms with Crippen LogP contribution in [0.4, 0.5) is 13.2 Å². The molecule has 2 aromatic rings. The van der Waals surface area contributed by atoms with E-state index in [0.29, 0.717) is 10.4 Å². The van der Waals surface area contributed by atoms with E-state index in [4.69, 9.17) is 11.6 Å². The van der Waals surface area contributed by atoms with Crippen LogP contribution in [0.2, 0.25) is 5.02 Å². The average molecular weight is 221 g/mol. The molecule has 0 aliphatic carbocycles. The van der Waals surface area contributed by atoms with Crippen LogP contribution < -0.4 is 0 Å². The van der Waals surface area contributed by atoms with Crippen molar-refractivity contribution in [2.75, 3.05) is 0 Å². The third-order valence-corrected chi connectivity index (χ3v) is 2.01. The predicted molar refractivity (Wildman–Crippen MR) is 46.0 cm³/mol. The van der Waals surface area contributed by atoms with Gasteiger partial charge in [0, 0.05) is 10.4 Å². The average Bonchev–Trinajstić information content (AvgIpc) is 2.45. The number of nitrogens with zero attached hydrogens (tertiary/aromatic N) is 2. The van der Waals surface area contributed by atoms with Crippen molar-refractivity contribution in [2.45, 2.75) is 6.30 Å². The van der Waals surface area contributed by atoms with Gasteiger partial charge in [-0.15, -0.1) is 13.2 Å². The molecule has 6 heteroatoms. The molecule has 14 heavy (non-hydrogen) atoms. The first-order valence-electron chi connectivity index (χ1n) is 3.69. The number of aromatic nitrogens is 2. The van der Waals surface area contributed by atoms with Crippen LogP contribution in [0.5, 0.6) is 0 Å². The van der Waals surface area contributed by atoms with Gasteiger partial charge in [0.2, 0.25) is 0 Å². The Labute approximate surface area is 81.9 Å². The summed E-state index contributed by atoms with van der Waals surface area (Å²) in [4.78, 5) is 0. The smallest absolute Gasteiger partial charge is 0.173 e. The van der Waals surface area contributed by atoms with Crippen LogP contribution in [-0.4, -0.2) is 9.78 Å². The standard InChI is InChI=1S/C8H4ClF3N2/c9-6-1-2-7-5(3-6)4-13-14(7)8(10,11)12/h1-4H. The fraction of sp³-hybridized carbons (Fsp3) is 0.125. The molecular formula is C8H4ClF3N2. The van der Waals surface area contributed by atoms with Crippen LogP contribution in [0.25, 0.3) is 10.9 Å². The van der Waals surface area contributed by atoms with Crippen molar-refractivity contribution in [1.82, 2.24) is 9.78 Å². The molecule has 0 radical (unpaired) electrons. The molecule has 0 saturated heterocycles. The van der Waals surface area contributed by atoms with Gasteiger partial charge in [-0.25, -0.2) is 0 Å². The summed E-state index contributed by atoms with van der Waals surface area (Å²) in [5.41, 5.74) is 0.00176. The van der Waals surface area contributed by atoms with E-state index >= 15 is 0 Å². The second kappa shape index (κ2) is 2.88. The van der Waals surface area contributed by atoms with Crippen LogP contribution in [0.15, 0.2) is 24.4 Å². The molecule has 0 amide bonds. The Kier molecular flexibility index (Phi) is 1.92. The van der Waals surface area contributed by atoms with Gasteiger partial charge in [-0.05, 0) is 18.2 Å². The zero-order chi connectivity index (χ0) is 10.3. The second-order valence-corrected chi connectivity index (χ2v) is 3.16. The van der Waals surface area contributed by atoms with E-state index in [1.807, 2.05) is 0 Å².